The molecule has 0 fully saturated rings. The molecule has 3 amide bonds. The summed E-state index contributed by atoms with van der Waals surface area (Å²) in [6.45, 7) is 0.453. The molecular weight excluding hydrogens is 400 g/mol. The monoisotopic (exact) mass is 418 g/mol. The maximum atomic E-state index is 11.9. The molecule has 1 aromatic heterocycles. The van der Waals surface area contributed by atoms with E-state index < -0.39 is 0 Å². The molecule has 0 bridgehead atoms. The zero-order valence-electron chi connectivity index (χ0n) is 14.0. The second-order valence-electron chi connectivity index (χ2n) is 5.40. The highest BCUT2D eigenvalue weighted by Crippen LogP contribution is 2.10. The Morgan fingerprint density at radius 1 is 0.923 bits per heavy atom. The van der Waals surface area contributed by atoms with Crippen LogP contribution < -0.4 is 16.0 Å². The number of nitrogens with one attached hydrogen (secondary N) is 3. The van der Waals surface area contributed by atoms with E-state index in [9.17, 15) is 14.4 Å². The number of amides is 3. The average Bonchev–Trinajstić information content (AvgIpc) is 2.63. The first-order valence-electron chi connectivity index (χ1n) is 8.05. The Kier molecular flexibility index (Phi) is 7.75. The van der Waals surface area contributed by atoms with Crippen molar-refractivity contribution >= 4 is 39.3 Å². The molecule has 7 nitrogen and oxygen atoms in total. The van der Waals surface area contributed by atoms with Gasteiger partial charge in [-0.15, -0.1) is 0 Å². The Morgan fingerprint density at radius 2 is 1.62 bits per heavy atom. The van der Waals surface area contributed by atoms with Gasteiger partial charge in [-0.05, 0) is 36.4 Å². The van der Waals surface area contributed by atoms with Crippen molar-refractivity contribution in [2.45, 2.75) is 12.8 Å². The van der Waals surface area contributed by atoms with Crippen molar-refractivity contribution in [1.29, 1.82) is 0 Å². The third-order valence-electron chi connectivity index (χ3n) is 3.36. The Balaban J connectivity index is 1.59. The van der Waals surface area contributed by atoms with Gasteiger partial charge in [0.1, 0.15) is 0 Å². The molecule has 136 valence electrons. The van der Waals surface area contributed by atoms with Crippen LogP contribution in [0.25, 0.3) is 0 Å². The first kappa shape index (κ1) is 19.6. The van der Waals surface area contributed by atoms with Gasteiger partial charge in [-0.1, -0.05) is 15.9 Å². The lowest BCUT2D eigenvalue weighted by Gasteiger charge is -2.07. The lowest BCUT2D eigenvalue weighted by molar-refractivity contribution is -0.121. The Hall–Kier alpha value is -2.74. The molecule has 8 heteroatoms. The van der Waals surface area contributed by atoms with E-state index in [1.54, 1.807) is 48.8 Å². The highest BCUT2D eigenvalue weighted by Gasteiger charge is 2.07. The van der Waals surface area contributed by atoms with E-state index in [1.165, 1.54) is 0 Å². The van der Waals surface area contributed by atoms with Gasteiger partial charge in [0.05, 0.1) is 11.9 Å². The summed E-state index contributed by atoms with van der Waals surface area (Å²) in [5.74, 6) is -0.668. The first-order valence-corrected chi connectivity index (χ1v) is 8.84. The molecule has 0 spiro atoms. The van der Waals surface area contributed by atoms with Crippen LogP contribution in [0.5, 0.6) is 0 Å². The van der Waals surface area contributed by atoms with Crippen molar-refractivity contribution in [1.82, 2.24) is 15.6 Å². The van der Waals surface area contributed by atoms with Crippen molar-refractivity contribution < 1.29 is 14.4 Å². The number of carbonyl (C=O) groups excluding carboxylic acids is 3. The number of rotatable bonds is 8. The highest BCUT2D eigenvalue weighted by molar-refractivity contribution is 9.10. The summed E-state index contributed by atoms with van der Waals surface area (Å²) in [6.07, 6.45) is 3.47. The van der Waals surface area contributed by atoms with Gasteiger partial charge in [0, 0.05) is 42.2 Å². The molecular formula is C18H19BrN4O3. The topological polar surface area (TPSA) is 100 Å². The maximum Gasteiger partial charge on any atom is 0.251 e. The van der Waals surface area contributed by atoms with Gasteiger partial charge in [-0.25, -0.2) is 0 Å². The third kappa shape index (κ3) is 7.02. The largest absolute Gasteiger partial charge is 0.356 e. The summed E-state index contributed by atoms with van der Waals surface area (Å²) in [6, 6.07) is 10.4. The van der Waals surface area contributed by atoms with Gasteiger partial charge in [-0.3, -0.25) is 19.4 Å². The van der Waals surface area contributed by atoms with Gasteiger partial charge in [0.25, 0.3) is 5.91 Å². The minimum Gasteiger partial charge on any atom is -0.356 e. The smallest absolute Gasteiger partial charge is 0.251 e. The molecule has 0 atom stereocenters. The van der Waals surface area contributed by atoms with Gasteiger partial charge < -0.3 is 16.0 Å². The SMILES string of the molecule is O=C(CCNC(=O)c1ccc(Br)cc1)NCCC(=O)Nc1cccnc1. The summed E-state index contributed by atoms with van der Waals surface area (Å²) in [5, 5.41) is 8.01. The summed E-state index contributed by atoms with van der Waals surface area (Å²) < 4.78 is 0.890. The molecule has 2 aromatic rings. The maximum absolute atomic E-state index is 11.9. The van der Waals surface area contributed by atoms with E-state index in [0.29, 0.717) is 11.3 Å². The van der Waals surface area contributed by atoms with Gasteiger partial charge in [0.2, 0.25) is 11.8 Å². The molecule has 0 radical (unpaired) electrons. The van der Waals surface area contributed by atoms with Crippen molar-refractivity contribution in [3.05, 3.63) is 58.8 Å². The lowest BCUT2D eigenvalue weighted by atomic mass is 10.2. The fourth-order valence-electron chi connectivity index (χ4n) is 2.06. The van der Waals surface area contributed by atoms with Gasteiger partial charge in [-0.2, -0.15) is 0 Å². The van der Waals surface area contributed by atoms with Crippen LogP contribution in [0.2, 0.25) is 0 Å². The number of aromatic nitrogens is 1. The molecule has 0 aliphatic carbocycles. The highest BCUT2D eigenvalue weighted by atomic mass is 79.9. The lowest BCUT2D eigenvalue weighted by Crippen LogP contribution is -2.32. The molecule has 0 saturated carbocycles. The second-order valence-corrected chi connectivity index (χ2v) is 6.32. The molecule has 1 aromatic carbocycles. The minimum absolute atomic E-state index is 0.145. The van der Waals surface area contributed by atoms with Crippen LogP contribution in [0.15, 0.2) is 53.3 Å². The fraction of sp³-hybridized carbons (Fsp3) is 0.222. The molecule has 0 saturated heterocycles. The van der Waals surface area contributed by atoms with Crippen LogP contribution >= 0.6 is 15.9 Å². The van der Waals surface area contributed by atoms with E-state index >= 15 is 0 Å². The third-order valence-corrected chi connectivity index (χ3v) is 3.89. The molecule has 0 aliphatic rings. The molecule has 26 heavy (non-hydrogen) atoms. The fourth-order valence-corrected chi connectivity index (χ4v) is 2.32. The minimum atomic E-state index is -0.235. The predicted molar refractivity (Wildman–Crippen MR) is 102 cm³/mol. The number of anilines is 1. The number of halogens is 1. The molecule has 2 rings (SSSR count). The van der Waals surface area contributed by atoms with Crippen molar-refractivity contribution in [3.63, 3.8) is 0 Å². The Labute approximate surface area is 159 Å². The predicted octanol–water partition coefficient (Wildman–Crippen LogP) is 2.11. The van der Waals surface area contributed by atoms with Gasteiger partial charge in [0.15, 0.2) is 0 Å². The quantitative estimate of drug-likeness (QED) is 0.610. The summed E-state index contributed by atoms with van der Waals surface area (Å²) >= 11 is 3.30. The molecule has 0 aliphatic heterocycles. The number of nitrogens with zero attached hydrogens (tertiary/aromatic N) is 1. The number of hydrogen-bond acceptors (Lipinski definition) is 4. The number of hydrogen-bond donors (Lipinski definition) is 3. The van der Waals surface area contributed by atoms with Crippen LogP contribution in [0.1, 0.15) is 23.2 Å². The summed E-state index contributed by atoms with van der Waals surface area (Å²) in [4.78, 5) is 39.3. The van der Waals surface area contributed by atoms with Crippen molar-refractivity contribution in [2.75, 3.05) is 18.4 Å². The Morgan fingerprint density at radius 3 is 2.31 bits per heavy atom. The molecule has 0 unspecified atom stereocenters. The average molecular weight is 419 g/mol. The van der Waals surface area contributed by atoms with Crippen LogP contribution in [0, 0.1) is 0 Å². The van der Waals surface area contributed by atoms with E-state index in [2.05, 4.69) is 36.9 Å². The zero-order valence-corrected chi connectivity index (χ0v) is 15.6. The van der Waals surface area contributed by atoms with Crippen LogP contribution in [-0.2, 0) is 9.59 Å². The second kappa shape index (κ2) is 10.3. The van der Waals surface area contributed by atoms with Crippen LogP contribution in [-0.4, -0.2) is 35.8 Å². The zero-order chi connectivity index (χ0) is 18.8. The van der Waals surface area contributed by atoms with E-state index in [0.717, 1.165) is 4.47 Å². The van der Waals surface area contributed by atoms with E-state index in [1.807, 2.05) is 0 Å². The normalized spacial score (nSPS) is 10.0. The van der Waals surface area contributed by atoms with E-state index in [4.69, 9.17) is 0 Å². The summed E-state index contributed by atoms with van der Waals surface area (Å²) in [7, 11) is 0. The van der Waals surface area contributed by atoms with Gasteiger partial charge >= 0.3 is 0 Å². The number of pyridine rings is 1. The van der Waals surface area contributed by atoms with E-state index in [-0.39, 0.29) is 43.7 Å². The first-order chi connectivity index (χ1) is 12.5. The summed E-state index contributed by atoms with van der Waals surface area (Å²) in [5.41, 5.74) is 1.14. The van der Waals surface area contributed by atoms with Crippen LogP contribution in [0.4, 0.5) is 5.69 Å². The molecule has 1 heterocycles. The van der Waals surface area contributed by atoms with Crippen LogP contribution in [0.3, 0.4) is 0 Å². The Bertz CT molecular complexity index is 751. The standard InChI is InChI=1S/C18H19BrN4O3/c19-14-5-3-13(4-6-14)18(26)22-11-7-16(24)21-10-8-17(25)23-15-2-1-9-20-12-15/h1-6,9,12H,7-8,10-11H2,(H,21,24)(H,22,26)(H,23,25). The molecule has 3 N–H and O–H groups in total. The number of carbonyl (C=O) groups is 3. The van der Waals surface area contributed by atoms with Crippen molar-refractivity contribution in [2.24, 2.45) is 0 Å². The number of benzene rings is 1. The van der Waals surface area contributed by atoms with Crippen molar-refractivity contribution in [3.8, 4) is 0 Å².